The topological polar surface area (TPSA) is 87.7 Å². The molecule has 0 saturated carbocycles. The highest BCUT2D eigenvalue weighted by molar-refractivity contribution is 5.78. The van der Waals surface area contributed by atoms with Crippen molar-refractivity contribution in [2.24, 2.45) is 5.92 Å². The SMILES string of the molecule is CCNC(=O)Oc1cc(C[C@H](C)C(=O)NC)ccc1O. The molecular weight excluding hydrogens is 260 g/mol. The first-order valence-electron chi connectivity index (χ1n) is 6.47. The summed E-state index contributed by atoms with van der Waals surface area (Å²) >= 11 is 0. The number of carbonyl (C=O) groups excluding carboxylic acids is 2. The lowest BCUT2D eigenvalue weighted by Gasteiger charge is -2.12. The maximum Gasteiger partial charge on any atom is 0.412 e. The average Bonchev–Trinajstić information content (AvgIpc) is 2.41. The summed E-state index contributed by atoms with van der Waals surface area (Å²) in [6, 6.07) is 4.70. The standard InChI is InChI=1S/C14H20N2O4/c1-4-16-14(19)20-12-8-10(5-6-11(12)17)7-9(2)13(18)15-3/h5-6,8-9,17H,4,7H2,1-3H3,(H,15,18)(H,16,19)/t9-/m0/s1. The highest BCUT2D eigenvalue weighted by Crippen LogP contribution is 2.28. The number of rotatable bonds is 5. The van der Waals surface area contributed by atoms with E-state index in [4.69, 9.17) is 4.74 Å². The monoisotopic (exact) mass is 280 g/mol. The van der Waals surface area contributed by atoms with Crippen molar-refractivity contribution in [3.8, 4) is 11.5 Å². The fourth-order valence-corrected chi connectivity index (χ4v) is 1.74. The Hall–Kier alpha value is -2.24. The molecule has 110 valence electrons. The predicted octanol–water partition coefficient (Wildman–Crippen LogP) is 1.43. The van der Waals surface area contributed by atoms with Gasteiger partial charge in [0.15, 0.2) is 11.5 Å². The van der Waals surface area contributed by atoms with Gasteiger partial charge in [0, 0.05) is 19.5 Å². The van der Waals surface area contributed by atoms with Gasteiger partial charge in [-0.25, -0.2) is 4.79 Å². The van der Waals surface area contributed by atoms with E-state index >= 15 is 0 Å². The van der Waals surface area contributed by atoms with E-state index in [1.807, 2.05) is 0 Å². The molecule has 0 aliphatic carbocycles. The molecule has 2 amide bonds. The van der Waals surface area contributed by atoms with E-state index in [0.717, 1.165) is 5.56 Å². The number of benzene rings is 1. The van der Waals surface area contributed by atoms with E-state index in [-0.39, 0.29) is 23.3 Å². The van der Waals surface area contributed by atoms with Crippen LogP contribution in [0.1, 0.15) is 19.4 Å². The van der Waals surface area contributed by atoms with Crippen LogP contribution in [0.3, 0.4) is 0 Å². The zero-order chi connectivity index (χ0) is 15.1. The molecule has 0 unspecified atom stereocenters. The molecule has 0 aromatic heterocycles. The smallest absolute Gasteiger partial charge is 0.412 e. The second-order valence-electron chi connectivity index (χ2n) is 4.44. The third-order valence-corrected chi connectivity index (χ3v) is 2.78. The van der Waals surface area contributed by atoms with Crippen molar-refractivity contribution in [3.63, 3.8) is 0 Å². The lowest BCUT2D eigenvalue weighted by Crippen LogP contribution is -2.27. The van der Waals surface area contributed by atoms with Gasteiger partial charge in [-0.3, -0.25) is 4.79 Å². The van der Waals surface area contributed by atoms with Crippen LogP contribution in [0.5, 0.6) is 11.5 Å². The molecule has 1 aromatic carbocycles. The first-order valence-corrected chi connectivity index (χ1v) is 6.47. The molecule has 0 fully saturated rings. The molecule has 0 saturated heterocycles. The van der Waals surface area contributed by atoms with Crippen LogP contribution in [0, 0.1) is 5.92 Å². The summed E-state index contributed by atoms with van der Waals surface area (Å²) in [5.41, 5.74) is 0.804. The molecule has 0 heterocycles. The highest BCUT2D eigenvalue weighted by atomic mass is 16.6. The molecule has 0 radical (unpaired) electrons. The number of hydrogen-bond acceptors (Lipinski definition) is 4. The second-order valence-corrected chi connectivity index (χ2v) is 4.44. The van der Waals surface area contributed by atoms with Gasteiger partial charge in [-0.1, -0.05) is 13.0 Å². The van der Waals surface area contributed by atoms with Gasteiger partial charge in [-0.05, 0) is 31.0 Å². The summed E-state index contributed by atoms with van der Waals surface area (Å²) in [7, 11) is 1.58. The Balaban J connectivity index is 2.80. The Morgan fingerprint density at radius 1 is 1.40 bits per heavy atom. The van der Waals surface area contributed by atoms with Crippen molar-refractivity contribution in [3.05, 3.63) is 23.8 Å². The van der Waals surface area contributed by atoms with E-state index in [2.05, 4.69) is 10.6 Å². The molecule has 3 N–H and O–H groups in total. The van der Waals surface area contributed by atoms with Gasteiger partial charge in [-0.2, -0.15) is 0 Å². The number of ether oxygens (including phenoxy) is 1. The van der Waals surface area contributed by atoms with Crippen molar-refractivity contribution in [1.29, 1.82) is 0 Å². The van der Waals surface area contributed by atoms with Crippen molar-refractivity contribution in [2.75, 3.05) is 13.6 Å². The summed E-state index contributed by atoms with van der Waals surface area (Å²) in [6.07, 6.45) is -0.134. The fourth-order valence-electron chi connectivity index (χ4n) is 1.74. The van der Waals surface area contributed by atoms with E-state index in [0.29, 0.717) is 13.0 Å². The van der Waals surface area contributed by atoms with Crippen LogP contribution < -0.4 is 15.4 Å². The third-order valence-electron chi connectivity index (χ3n) is 2.78. The maximum atomic E-state index is 11.5. The molecule has 0 bridgehead atoms. The maximum absolute atomic E-state index is 11.5. The zero-order valence-electron chi connectivity index (χ0n) is 11.9. The molecule has 1 rings (SSSR count). The van der Waals surface area contributed by atoms with Crippen molar-refractivity contribution >= 4 is 12.0 Å². The fraction of sp³-hybridized carbons (Fsp3) is 0.429. The van der Waals surface area contributed by atoms with Crippen LogP contribution in [0.25, 0.3) is 0 Å². The van der Waals surface area contributed by atoms with E-state index in [1.165, 1.54) is 6.07 Å². The van der Waals surface area contributed by atoms with E-state index < -0.39 is 6.09 Å². The Labute approximate surface area is 118 Å². The van der Waals surface area contributed by atoms with Crippen molar-refractivity contribution < 1.29 is 19.4 Å². The predicted molar refractivity (Wildman–Crippen MR) is 74.7 cm³/mol. The number of nitrogens with one attached hydrogen (secondary N) is 2. The normalized spacial score (nSPS) is 11.6. The summed E-state index contributed by atoms with van der Waals surface area (Å²) in [4.78, 5) is 22.8. The second kappa shape index (κ2) is 7.37. The quantitative estimate of drug-likeness (QED) is 0.761. The highest BCUT2D eigenvalue weighted by Gasteiger charge is 2.14. The van der Waals surface area contributed by atoms with E-state index in [1.54, 1.807) is 33.0 Å². The number of phenols is 1. The number of phenolic OH excluding ortho intramolecular Hbond substituents is 1. The number of carbonyl (C=O) groups is 2. The van der Waals surface area contributed by atoms with Crippen LogP contribution in [-0.2, 0) is 11.2 Å². The Kier molecular flexibility index (Phi) is 5.83. The van der Waals surface area contributed by atoms with Crippen LogP contribution in [0.15, 0.2) is 18.2 Å². The molecule has 0 aliphatic heterocycles. The van der Waals surface area contributed by atoms with E-state index in [9.17, 15) is 14.7 Å². The molecule has 6 nitrogen and oxygen atoms in total. The molecule has 6 heteroatoms. The Morgan fingerprint density at radius 2 is 2.10 bits per heavy atom. The van der Waals surface area contributed by atoms with Gasteiger partial charge < -0.3 is 20.5 Å². The molecule has 20 heavy (non-hydrogen) atoms. The minimum atomic E-state index is -0.626. The first kappa shape index (κ1) is 15.8. The van der Waals surface area contributed by atoms with Gasteiger partial charge in [-0.15, -0.1) is 0 Å². The summed E-state index contributed by atoms with van der Waals surface area (Å²) in [6.45, 7) is 4.01. The minimum absolute atomic E-state index is 0.0655. The molecule has 0 aliphatic rings. The van der Waals surface area contributed by atoms with Crippen LogP contribution in [-0.4, -0.2) is 30.7 Å². The average molecular weight is 280 g/mol. The Morgan fingerprint density at radius 3 is 2.70 bits per heavy atom. The largest absolute Gasteiger partial charge is 0.504 e. The van der Waals surface area contributed by atoms with Gasteiger partial charge in [0.25, 0.3) is 0 Å². The van der Waals surface area contributed by atoms with Gasteiger partial charge >= 0.3 is 6.09 Å². The molecule has 1 atom stereocenters. The van der Waals surface area contributed by atoms with Crippen molar-refractivity contribution in [2.45, 2.75) is 20.3 Å². The Bertz CT molecular complexity index is 488. The zero-order valence-corrected chi connectivity index (χ0v) is 11.9. The molecule has 1 aromatic rings. The molecular formula is C14H20N2O4. The number of aromatic hydroxyl groups is 1. The van der Waals surface area contributed by atoms with Gasteiger partial charge in [0.2, 0.25) is 5.91 Å². The number of amides is 2. The van der Waals surface area contributed by atoms with Crippen molar-refractivity contribution in [1.82, 2.24) is 10.6 Å². The van der Waals surface area contributed by atoms with Crippen LogP contribution in [0.4, 0.5) is 4.79 Å². The lowest BCUT2D eigenvalue weighted by atomic mass is 10.00. The minimum Gasteiger partial charge on any atom is -0.504 e. The van der Waals surface area contributed by atoms with Gasteiger partial charge in [0.1, 0.15) is 0 Å². The molecule has 0 spiro atoms. The summed E-state index contributed by atoms with van der Waals surface area (Å²) < 4.78 is 4.99. The summed E-state index contributed by atoms with van der Waals surface area (Å²) in [5.74, 6) is -0.309. The third kappa shape index (κ3) is 4.46. The lowest BCUT2D eigenvalue weighted by molar-refractivity contribution is -0.123. The van der Waals surface area contributed by atoms with Gasteiger partial charge in [0.05, 0.1) is 0 Å². The first-order chi connectivity index (χ1) is 9.47. The van der Waals surface area contributed by atoms with Crippen LogP contribution in [0.2, 0.25) is 0 Å². The summed E-state index contributed by atoms with van der Waals surface area (Å²) in [5, 5.41) is 14.7. The number of hydrogen-bond donors (Lipinski definition) is 3. The van der Waals surface area contributed by atoms with Crippen LogP contribution >= 0.6 is 0 Å².